The Kier molecular flexibility index (Phi) is 3.24. The van der Waals surface area contributed by atoms with Crippen molar-refractivity contribution >= 4 is 11.5 Å². The molecule has 0 saturated carbocycles. The van der Waals surface area contributed by atoms with Crippen molar-refractivity contribution < 1.29 is 0 Å². The maximum absolute atomic E-state index is 8.66. The Bertz CT molecular complexity index is 586. The van der Waals surface area contributed by atoms with E-state index in [9.17, 15) is 0 Å². The Labute approximate surface area is 106 Å². The highest BCUT2D eigenvalue weighted by Crippen LogP contribution is 2.24. The van der Waals surface area contributed by atoms with Gasteiger partial charge in [0.25, 0.3) is 0 Å². The summed E-state index contributed by atoms with van der Waals surface area (Å²) in [5.74, 6) is 0.643. The van der Waals surface area contributed by atoms with Crippen molar-refractivity contribution in [2.45, 2.75) is 20.8 Å². The molecule has 0 amide bonds. The first kappa shape index (κ1) is 12.1. The smallest absolute Gasteiger partial charge is 0.158 e. The fourth-order valence-electron chi connectivity index (χ4n) is 1.96. The summed E-state index contributed by atoms with van der Waals surface area (Å²) in [7, 11) is 0. The lowest BCUT2D eigenvalue weighted by atomic mass is 10.1. The van der Waals surface area contributed by atoms with Crippen molar-refractivity contribution in [1.82, 2.24) is 9.97 Å². The predicted octanol–water partition coefficient (Wildman–Crippen LogP) is 3.02. The largest absolute Gasteiger partial charge is 0.339 e. The average molecular weight is 238 g/mol. The lowest BCUT2D eigenvalue weighted by molar-refractivity contribution is 1.16. The molecule has 0 aliphatic carbocycles. The van der Waals surface area contributed by atoms with Crippen LogP contribution in [-0.2, 0) is 0 Å². The molecular weight excluding hydrogens is 224 g/mol. The lowest BCUT2D eigenvalue weighted by Gasteiger charge is -2.12. The van der Waals surface area contributed by atoms with Crippen LogP contribution in [0.4, 0.5) is 11.5 Å². The second kappa shape index (κ2) is 4.84. The normalized spacial score (nSPS) is 9.89. The van der Waals surface area contributed by atoms with Gasteiger partial charge in [-0.3, -0.25) is 0 Å². The molecule has 1 aromatic heterocycles. The zero-order valence-electron chi connectivity index (χ0n) is 10.7. The Balaban J connectivity index is 2.31. The fourth-order valence-corrected chi connectivity index (χ4v) is 1.96. The van der Waals surface area contributed by atoms with Gasteiger partial charge in [0.15, 0.2) is 5.69 Å². The minimum atomic E-state index is 0.318. The summed E-state index contributed by atoms with van der Waals surface area (Å²) in [5.41, 5.74) is 4.93. The third-order valence-corrected chi connectivity index (χ3v) is 2.70. The Morgan fingerprint density at radius 3 is 2.22 bits per heavy atom. The van der Waals surface area contributed by atoms with Crippen LogP contribution in [0.5, 0.6) is 0 Å². The lowest BCUT2D eigenvalue weighted by Crippen LogP contribution is -2.00. The van der Waals surface area contributed by atoms with Gasteiger partial charge in [-0.2, -0.15) is 5.26 Å². The van der Waals surface area contributed by atoms with Gasteiger partial charge in [-0.1, -0.05) is 17.7 Å². The Morgan fingerprint density at radius 1 is 1.06 bits per heavy atom. The monoisotopic (exact) mass is 238 g/mol. The second-order valence-electron chi connectivity index (χ2n) is 4.30. The topological polar surface area (TPSA) is 61.6 Å². The number of aryl methyl sites for hydroxylation is 3. The third kappa shape index (κ3) is 2.46. The Hall–Kier alpha value is -2.41. The van der Waals surface area contributed by atoms with E-state index in [1.807, 2.05) is 6.07 Å². The molecule has 0 spiro atoms. The van der Waals surface area contributed by atoms with Crippen LogP contribution in [0.3, 0.4) is 0 Å². The molecule has 0 aliphatic rings. The molecule has 0 fully saturated rings. The van der Waals surface area contributed by atoms with Gasteiger partial charge in [-0.25, -0.2) is 9.97 Å². The number of hydrogen-bond acceptors (Lipinski definition) is 4. The van der Waals surface area contributed by atoms with Gasteiger partial charge in [0, 0.05) is 5.69 Å². The van der Waals surface area contributed by atoms with E-state index in [0.29, 0.717) is 11.5 Å². The summed E-state index contributed by atoms with van der Waals surface area (Å²) in [6.07, 6.45) is 3.03. The second-order valence-corrected chi connectivity index (χ2v) is 4.30. The molecule has 0 unspecified atom stereocenters. The Morgan fingerprint density at radius 2 is 1.72 bits per heavy atom. The predicted molar refractivity (Wildman–Crippen MR) is 70.7 cm³/mol. The summed E-state index contributed by atoms with van der Waals surface area (Å²) >= 11 is 0. The van der Waals surface area contributed by atoms with E-state index in [-0.39, 0.29) is 0 Å². The first-order chi connectivity index (χ1) is 8.60. The molecule has 1 heterocycles. The number of benzene rings is 1. The van der Waals surface area contributed by atoms with Crippen LogP contribution in [0.1, 0.15) is 22.4 Å². The fraction of sp³-hybridized carbons (Fsp3) is 0.214. The molecule has 2 aromatic rings. The van der Waals surface area contributed by atoms with Crippen molar-refractivity contribution in [3.8, 4) is 6.07 Å². The van der Waals surface area contributed by atoms with E-state index in [2.05, 4.69) is 48.2 Å². The van der Waals surface area contributed by atoms with E-state index in [4.69, 9.17) is 5.26 Å². The van der Waals surface area contributed by atoms with E-state index in [1.54, 1.807) is 6.20 Å². The summed E-state index contributed by atoms with van der Waals surface area (Å²) in [6, 6.07) is 6.18. The molecule has 18 heavy (non-hydrogen) atoms. The first-order valence-electron chi connectivity index (χ1n) is 5.67. The molecule has 1 N–H and O–H groups in total. The number of nitrogens with one attached hydrogen (secondary N) is 1. The van der Waals surface area contributed by atoms with Crippen LogP contribution in [0.15, 0.2) is 24.5 Å². The maximum Gasteiger partial charge on any atom is 0.158 e. The summed E-state index contributed by atoms with van der Waals surface area (Å²) < 4.78 is 0. The van der Waals surface area contributed by atoms with Crippen molar-refractivity contribution in [3.05, 3.63) is 46.9 Å². The van der Waals surface area contributed by atoms with Crippen LogP contribution in [0.2, 0.25) is 0 Å². The molecule has 4 nitrogen and oxygen atoms in total. The minimum Gasteiger partial charge on any atom is -0.339 e. The summed E-state index contributed by atoms with van der Waals surface area (Å²) in [4.78, 5) is 8.14. The van der Waals surface area contributed by atoms with E-state index < -0.39 is 0 Å². The molecule has 0 saturated heterocycles. The van der Waals surface area contributed by atoms with Gasteiger partial charge in [0.2, 0.25) is 0 Å². The molecule has 2 rings (SSSR count). The van der Waals surface area contributed by atoms with Crippen LogP contribution < -0.4 is 5.32 Å². The van der Waals surface area contributed by atoms with Crippen LogP contribution in [-0.4, -0.2) is 9.97 Å². The van der Waals surface area contributed by atoms with Crippen LogP contribution in [0, 0.1) is 32.1 Å². The molecule has 1 aromatic carbocycles. The number of hydrogen-bond donors (Lipinski definition) is 1. The highest BCUT2D eigenvalue weighted by Gasteiger charge is 2.05. The molecule has 0 aliphatic heterocycles. The molecule has 0 radical (unpaired) electrons. The molecule has 4 heteroatoms. The molecule has 0 bridgehead atoms. The van der Waals surface area contributed by atoms with Crippen molar-refractivity contribution in [3.63, 3.8) is 0 Å². The quantitative estimate of drug-likeness (QED) is 0.873. The van der Waals surface area contributed by atoms with Gasteiger partial charge in [-0.15, -0.1) is 0 Å². The molecule has 90 valence electrons. The van der Waals surface area contributed by atoms with Crippen molar-refractivity contribution in [1.29, 1.82) is 5.26 Å². The zero-order chi connectivity index (χ0) is 13.1. The van der Waals surface area contributed by atoms with E-state index in [0.717, 1.165) is 5.69 Å². The minimum absolute atomic E-state index is 0.318. The van der Waals surface area contributed by atoms with Crippen molar-refractivity contribution in [2.75, 3.05) is 5.32 Å². The van der Waals surface area contributed by atoms with Crippen LogP contribution in [0.25, 0.3) is 0 Å². The van der Waals surface area contributed by atoms with Gasteiger partial charge in [-0.05, 0) is 31.9 Å². The number of rotatable bonds is 2. The SMILES string of the molecule is Cc1cc(C)c(Nc2cnc(C#N)cn2)c(C)c1. The van der Waals surface area contributed by atoms with Gasteiger partial charge in [0.05, 0.1) is 12.4 Å². The molecular formula is C14H14N4. The standard InChI is InChI=1S/C14H14N4/c1-9-4-10(2)14(11(3)5-9)18-13-8-16-12(6-15)7-17-13/h4-5,7-8H,1-3H3,(H,17,18). The zero-order valence-corrected chi connectivity index (χ0v) is 10.7. The number of nitriles is 1. The van der Waals surface area contributed by atoms with E-state index in [1.165, 1.54) is 22.9 Å². The van der Waals surface area contributed by atoms with Gasteiger partial charge < -0.3 is 5.32 Å². The van der Waals surface area contributed by atoms with E-state index >= 15 is 0 Å². The van der Waals surface area contributed by atoms with Crippen molar-refractivity contribution in [2.24, 2.45) is 0 Å². The van der Waals surface area contributed by atoms with Crippen LogP contribution >= 0.6 is 0 Å². The third-order valence-electron chi connectivity index (χ3n) is 2.70. The summed E-state index contributed by atoms with van der Waals surface area (Å²) in [6.45, 7) is 6.18. The summed E-state index contributed by atoms with van der Waals surface area (Å²) in [5, 5.41) is 11.9. The first-order valence-corrected chi connectivity index (χ1v) is 5.67. The average Bonchev–Trinajstić information content (AvgIpc) is 2.34. The molecule has 0 atom stereocenters. The highest BCUT2D eigenvalue weighted by atomic mass is 15.0. The number of aromatic nitrogens is 2. The van der Waals surface area contributed by atoms with Gasteiger partial charge >= 0.3 is 0 Å². The maximum atomic E-state index is 8.66. The number of anilines is 2. The highest BCUT2D eigenvalue weighted by molar-refractivity contribution is 5.64. The number of nitrogens with zero attached hydrogens (tertiary/aromatic N) is 3. The van der Waals surface area contributed by atoms with Gasteiger partial charge in [0.1, 0.15) is 11.9 Å².